The zero-order valence-electron chi connectivity index (χ0n) is 8.34. The van der Waals surface area contributed by atoms with Crippen molar-refractivity contribution in [1.82, 2.24) is 0 Å². The summed E-state index contributed by atoms with van der Waals surface area (Å²) in [6, 6.07) is 0. The Labute approximate surface area is 79.5 Å². The Bertz CT molecular complexity index is 296. The van der Waals surface area contributed by atoms with E-state index in [0.717, 1.165) is 18.4 Å². The van der Waals surface area contributed by atoms with Gasteiger partial charge in [0, 0.05) is 6.42 Å². The number of rotatable bonds is 0. The smallest absolute Gasteiger partial charge is 0.159 e. The van der Waals surface area contributed by atoms with E-state index in [4.69, 9.17) is 0 Å². The molecular formula is C12H16O. The molecule has 0 aromatic carbocycles. The monoisotopic (exact) mass is 176 g/mol. The molecule has 13 heavy (non-hydrogen) atoms. The highest BCUT2D eigenvalue weighted by molar-refractivity contribution is 5.97. The topological polar surface area (TPSA) is 17.1 Å². The molecule has 2 rings (SSSR count). The fraction of sp³-hybridized carbons (Fsp3) is 0.583. The summed E-state index contributed by atoms with van der Waals surface area (Å²) in [4.78, 5) is 11.6. The molecular weight excluding hydrogens is 160 g/mol. The molecule has 0 bridgehead atoms. The number of carbonyl (C=O) groups is 1. The van der Waals surface area contributed by atoms with Crippen LogP contribution < -0.4 is 0 Å². The molecule has 1 nitrogen and oxygen atoms in total. The molecule has 0 aliphatic heterocycles. The summed E-state index contributed by atoms with van der Waals surface area (Å²) >= 11 is 0. The van der Waals surface area contributed by atoms with Gasteiger partial charge < -0.3 is 0 Å². The Morgan fingerprint density at radius 2 is 2.23 bits per heavy atom. The van der Waals surface area contributed by atoms with Crippen molar-refractivity contribution in [3.05, 3.63) is 23.3 Å². The Kier molecular flexibility index (Phi) is 2.10. The zero-order chi connectivity index (χ0) is 9.42. The van der Waals surface area contributed by atoms with Crippen LogP contribution in [0.1, 0.15) is 33.1 Å². The van der Waals surface area contributed by atoms with E-state index >= 15 is 0 Å². The van der Waals surface area contributed by atoms with Crippen molar-refractivity contribution >= 4 is 5.78 Å². The maximum absolute atomic E-state index is 11.6. The number of carbonyl (C=O) groups excluding carboxylic acids is 1. The molecule has 0 amide bonds. The second kappa shape index (κ2) is 3.13. The van der Waals surface area contributed by atoms with E-state index < -0.39 is 0 Å². The van der Waals surface area contributed by atoms with Crippen LogP contribution in [0.25, 0.3) is 0 Å². The molecule has 2 unspecified atom stereocenters. The Hall–Kier alpha value is -0.850. The van der Waals surface area contributed by atoms with Crippen LogP contribution in [0.5, 0.6) is 0 Å². The number of allylic oxidation sites excluding steroid dienone is 4. The average molecular weight is 176 g/mol. The van der Waals surface area contributed by atoms with Crippen LogP contribution in [0, 0.1) is 11.8 Å². The van der Waals surface area contributed by atoms with E-state index in [9.17, 15) is 4.79 Å². The predicted molar refractivity (Wildman–Crippen MR) is 53.4 cm³/mol. The fourth-order valence-corrected chi connectivity index (χ4v) is 2.55. The molecule has 2 atom stereocenters. The zero-order valence-corrected chi connectivity index (χ0v) is 8.34. The van der Waals surface area contributed by atoms with Crippen LogP contribution in [0.15, 0.2) is 23.3 Å². The summed E-state index contributed by atoms with van der Waals surface area (Å²) in [5, 5.41) is 0. The summed E-state index contributed by atoms with van der Waals surface area (Å²) in [6.45, 7) is 4.31. The van der Waals surface area contributed by atoms with Crippen molar-refractivity contribution in [2.24, 2.45) is 11.8 Å². The molecule has 0 aromatic heterocycles. The van der Waals surface area contributed by atoms with Crippen LogP contribution in [-0.2, 0) is 4.79 Å². The quantitative estimate of drug-likeness (QED) is 0.554. The van der Waals surface area contributed by atoms with Gasteiger partial charge in [-0.05, 0) is 37.2 Å². The van der Waals surface area contributed by atoms with Gasteiger partial charge in [0.1, 0.15) is 0 Å². The van der Waals surface area contributed by atoms with Crippen molar-refractivity contribution in [2.45, 2.75) is 33.1 Å². The first kappa shape index (κ1) is 8.74. The summed E-state index contributed by atoms with van der Waals surface area (Å²) in [5.41, 5.74) is 2.35. The molecule has 2 aliphatic carbocycles. The van der Waals surface area contributed by atoms with E-state index in [1.165, 1.54) is 12.0 Å². The summed E-state index contributed by atoms with van der Waals surface area (Å²) in [7, 11) is 0. The van der Waals surface area contributed by atoms with Gasteiger partial charge in [-0.1, -0.05) is 24.6 Å². The lowest BCUT2D eigenvalue weighted by atomic mass is 9.73. The van der Waals surface area contributed by atoms with Crippen LogP contribution in [-0.4, -0.2) is 5.78 Å². The van der Waals surface area contributed by atoms with Gasteiger partial charge in [0.15, 0.2) is 5.78 Å². The van der Waals surface area contributed by atoms with Crippen LogP contribution in [0.4, 0.5) is 0 Å². The minimum Gasteiger partial charge on any atom is -0.295 e. The molecule has 1 fully saturated rings. The first-order valence-corrected chi connectivity index (χ1v) is 5.11. The van der Waals surface area contributed by atoms with Gasteiger partial charge in [-0.25, -0.2) is 0 Å². The number of Topliss-reactive ketones (excluding diaryl/α,β-unsaturated/α-hetero) is 1. The van der Waals surface area contributed by atoms with Crippen LogP contribution in [0.2, 0.25) is 0 Å². The van der Waals surface area contributed by atoms with Gasteiger partial charge >= 0.3 is 0 Å². The van der Waals surface area contributed by atoms with Crippen molar-refractivity contribution < 1.29 is 4.79 Å². The minimum atomic E-state index is 0.385. The number of hydrogen-bond acceptors (Lipinski definition) is 1. The minimum absolute atomic E-state index is 0.385. The molecule has 1 saturated carbocycles. The maximum Gasteiger partial charge on any atom is 0.159 e. The first-order chi connectivity index (χ1) is 6.18. The maximum atomic E-state index is 11.6. The molecule has 70 valence electrons. The standard InChI is InChI=1S/C12H16O/c1-8-6-9(2)10-4-3-5-12(13)11(10)7-8/h6-7,9-10H,3-5H2,1-2H3. The van der Waals surface area contributed by atoms with Gasteiger partial charge in [0.25, 0.3) is 0 Å². The molecule has 2 aliphatic rings. The molecule has 0 spiro atoms. The number of fused-ring (bicyclic) bond motifs is 1. The molecule has 0 aromatic rings. The molecule has 0 heterocycles. The van der Waals surface area contributed by atoms with Gasteiger partial charge in [-0.2, -0.15) is 0 Å². The Balaban J connectivity index is 2.34. The predicted octanol–water partition coefficient (Wildman–Crippen LogP) is 2.88. The van der Waals surface area contributed by atoms with Gasteiger partial charge in [0.05, 0.1) is 0 Å². The van der Waals surface area contributed by atoms with E-state index in [2.05, 4.69) is 26.0 Å². The highest BCUT2D eigenvalue weighted by atomic mass is 16.1. The largest absolute Gasteiger partial charge is 0.295 e. The lowest BCUT2D eigenvalue weighted by Gasteiger charge is -2.31. The van der Waals surface area contributed by atoms with Crippen molar-refractivity contribution in [3.8, 4) is 0 Å². The van der Waals surface area contributed by atoms with Crippen molar-refractivity contribution in [3.63, 3.8) is 0 Å². The lowest BCUT2D eigenvalue weighted by molar-refractivity contribution is -0.117. The third-order valence-electron chi connectivity index (χ3n) is 3.18. The van der Waals surface area contributed by atoms with Crippen LogP contribution in [0.3, 0.4) is 0 Å². The second-order valence-corrected chi connectivity index (χ2v) is 4.29. The molecule has 0 saturated heterocycles. The fourth-order valence-electron chi connectivity index (χ4n) is 2.55. The van der Waals surface area contributed by atoms with Crippen LogP contribution >= 0.6 is 0 Å². The highest BCUT2D eigenvalue weighted by Crippen LogP contribution is 2.37. The lowest BCUT2D eigenvalue weighted by Crippen LogP contribution is -2.25. The third-order valence-corrected chi connectivity index (χ3v) is 3.18. The average Bonchev–Trinajstić information content (AvgIpc) is 2.07. The Morgan fingerprint density at radius 3 is 3.00 bits per heavy atom. The Morgan fingerprint density at radius 1 is 1.46 bits per heavy atom. The molecule has 1 heteroatoms. The number of hydrogen-bond donors (Lipinski definition) is 0. The SMILES string of the molecule is CC1=CC(C)C2CCCC(=O)C2=C1. The van der Waals surface area contributed by atoms with E-state index in [1.807, 2.05) is 0 Å². The number of ketones is 1. The summed E-state index contributed by atoms with van der Waals surface area (Å²) < 4.78 is 0. The third kappa shape index (κ3) is 1.48. The van der Waals surface area contributed by atoms with Gasteiger partial charge in [-0.15, -0.1) is 0 Å². The van der Waals surface area contributed by atoms with E-state index in [0.29, 0.717) is 17.6 Å². The van der Waals surface area contributed by atoms with Crippen molar-refractivity contribution in [1.29, 1.82) is 0 Å². The van der Waals surface area contributed by atoms with Gasteiger partial charge in [0.2, 0.25) is 0 Å². The molecule has 0 radical (unpaired) electrons. The van der Waals surface area contributed by atoms with E-state index in [1.54, 1.807) is 0 Å². The second-order valence-electron chi connectivity index (χ2n) is 4.29. The highest BCUT2D eigenvalue weighted by Gasteiger charge is 2.30. The van der Waals surface area contributed by atoms with Gasteiger partial charge in [-0.3, -0.25) is 4.79 Å². The van der Waals surface area contributed by atoms with Crippen molar-refractivity contribution in [2.75, 3.05) is 0 Å². The van der Waals surface area contributed by atoms with E-state index in [-0.39, 0.29) is 0 Å². The first-order valence-electron chi connectivity index (χ1n) is 5.11. The summed E-state index contributed by atoms with van der Waals surface area (Å²) in [6.07, 6.45) is 7.42. The molecule has 0 N–H and O–H groups in total. The normalized spacial score (nSPS) is 33.5. The summed E-state index contributed by atoms with van der Waals surface area (Å²) in [5.74, 6) is 1.46.